The number of aliphatic carboxylic acids is 1. The van der Waals surface area contributed by atoms with Gasteiger partial charge < -0.3 is 9.84 Å². The summed E-state index contributed by atoms with van der Waals surface area (Å²) in [6, 6.07) is 13.0. The van der Waals surface area contributed by atoms with Crippen LogP contribution in [-0.4, -0.2) is 73.2 Å². The number of hydrogen-bond donors (Lipinski definition) is 1. The highest BCUT2D eigenvalue weighted by molar-refractivity contribution is 7.91. The van der Waals surface area contributed by atoms with E-state index >= 15 is 0 Å². The second-order valence-electron chi connectivity index (χ2n) is 8.90. The van der Waals surface area contributed by atoms with Gasteiger partial charge in [-0.15, -0.1) is 0 Å². The molecule has 36 heavy (non-hydrogen) atoms. The highest BCUT2D eigenvalue weighted by Gasteiger charge is 2.39. The summed E-state index contributed by atoms with van der Waals surface area (Å²) in [5, 5.41) is 14.6. The van der Waals surface area contributed by atoms with Gasteiger partial charge in [0, 0.05) is 24.2 Å². The first-order valence-corrected chi connectivity index (χ1v) is 14.9. The van der Waals surface area contributed by atoms with E-state index in [1.54, 1.807) is 11.6 Å². The van der Waals surface area contributed by atoms with Crippen molar-refractivity contribution in [3.8, 4) is 5.75 Å². The van der Waals surface area contributed by atoms with Crippen LogP contribution in [0.3, 0.4) is 0 Å². The van der Waals surface area contributed by atoms with E-state index in [2.05, 4.69) is 5.10 Å². The average Bonchev–Trinajstić information content (AvgIpc) is 3.40. The minimum atomic E-state index is -3.80. The molecule has 2 heterocycles. The summed E-state index contributed by atoms with van der Waals surface area (Å²) < 4.78 is 58.6. The molecule has 10 nitrogen and oxygen atoms in total. The van der Waals surface area contributed by atoms with Crippen molar-refractivity contribution in [3.63, 3.8) is 0 Å². The molecule has 1 fully saturated rings. The molecule has 0 amide bonds. The Labute approximate surface area is 210 Å². The summed E-state index contributed by atoms with van der Waals surface area (Å²) in [5.74, 6) is -0.704. The van der Waals surface area contributed by atoms with E-state index in [4.69, 9.17) is 4.74 Å². The van der Waals surface area contributed by atoms with Gasteiger partial charge in [0.25, 0.3) is 0 Å². The quantitative estimate of drug-likeness (QED) is 0.418. The van der Waals surface area contributed by atoms with Gasteiger partial charge >= 0.3 is 5.97 Å². The van der Waals surface area contributed by atoms with Crippen LogP contribution in [-0.2, 0) is 31.1 Å². The third-order valence-corrected chi connectivity index (χ3v) is 9.94. The molecule has 4 rings (SSSR count). The molecule has 0 bridgehead atoms. The molecule has 194 valence electrons. The minimum absolute atomic E-state index is 0.00468. The van der Waals surface area contributed by atoms with Crippen LogP contribution >= 0.6 is 0 Å². The van der Waals surface area contributed by atoms with Crippen molar-refractivity contribution in [2.24, 2.45) is 5.92 Å². The van der Waals surface area contributed by atoms with Crippen LogP contribution in [0.25, 0.3) is 10.9 Å². The molecule has 1 aromatic heterocycles. The van der Waals surface area contributed by atoms with E-state index in [-0.39, 0.29) is 47.9 Å². The van der Waals surface area contributed by atoms with Gasteiger partial charge in [0.2, 0.25) is 10.0 Å². The number of fused-ring (bicyclic) bond motifs is 1. The van der Waals surface area contributed by atoms with Gasteiger partial charge in [-0.05, 0) is 36.2 Å². The third kappa shape index (κ3) is 5.40. The fourth-order valence-electron chi connectivity index (χ4n) is 4.39. The van der Waals surface area contributed by atoms with Crippen LogP contribution in [0.4, 0.5) is 0 Å². The Morgan fingerprint density at radius 3 is 2.44 bits per heavy atom. The maximum atomic E-state index is 13.4. The molecule has 2 aromatic carbocycles. The van der Waals surface area contributed by atoms with Crippen LogP contribution < -0.4 is 4.74 Å². The Morgan fingerprint density at radius 2 is 1.78 bits per heavy atom. The van der Waals surface area contributed by atoms with Gasteiger partial charge in [-0.1, -0.05) is 32.0 Å². The molecule has 1 aliphatic heterocycles. The van der Waals surface area contributed by atoms with Gasteiger partial charge in [0.05, 0.1) is 34.3 Å². The Hall–Kier alpha value is -2.96. The summed E-state index contributed by atoms with van der Waals surface area (Å²) in [6.07, 6.45) is -0.213. The van der Waals surface area contributed by atoms with Crippen LogP contribution in [0.15, 0.2) is 53.4 Å². The fraction of sp³-hybridized carbons (Fsp3) is 0.417. The lowest BCUT2D eigenvalue weighted by atomic mass is 10.1. The Balaban J connectivity index is 1.51. The smallest absolute Gasteiger partial charge is 0.309 e. The Bertz CT molecular complexity index is 1470. The first-order valence-electron chi connectivity index (χ1n) is 11.6. The summed E-state index contributed by atoms with van der Waals surface area (Å²) in [6.45, 7) is 4.02. The standard InChI is InChI=1S/C24H29N3O7S2/c1-3-35(30,31)13-12-34-18-8-10-19(11-9-18)36(32,33)26-15-17(2)23(16-26)27-22-7-5-4-6-20(22)21(25-27)14-24(28)29/h4-11,17,23H,3,12-16H2,1-2H3,(H,28,29)/t17-,23+/m1/s1. The maximum absolute atomic E-state index is 13.4. The lowest BCUT2D eigenvalue weighted by molar-refractivity contribution is -0.136. The van der Waals surface area contributed by atoms with E-state index < -0.39 is 25.8 Å². The van der Waals surface area contributed by atoms with E-state index in [1.165, 1.54) is 28.6 Å². The van der Waals surface area contributed by atoms with Crippen molar-refractivity contribution < 1.29 is 31.5 Å². The second kappa shape index (κ2) is 10.2. The van der Waals surface area contributed by atoms with Crippen LogP contribution in [0.2, 0.25) is 0 Å². The number of hydrogen-bond acceptors (Lipinski definition) is 7. The average molecular weight is 536 g/mol. The van der Waals surface area contributed by atoms with Crippen LogP contribution in [0.5, 0.6) is 5.75 Å². The monoisotopic (exact) mass is 535 g/mol. The zero-order valence-electron chi connectivity index (χ0n) is 20.1. The predicted octanol–water partition coefficient (Wildman–Crippen LogP) is 2.36. The third-order valence-electron chi connectivity index (χ3n) is 6.43. The number of para-hydroxylation sites is 1. The van der Waals surface area contributed by atoms with Gasteiger partial charge in [-0.3, -0.25) is 9.48 Å². The van der Waals surface area contributed by atoms with Gasteiger partial charge in [0.1, 0.15) is 12.4 Å². The van der Waals surface area contributed by atoms with E-state index in [0.29, 0.717) is 18.0 Å². The molecule has 0 unspecified atom stereocenters. The molecule has 2 atom stereocenters. The fourth-order valence-corrected chi connectivity index (χ4v) is 6.57. The summed E-state index contributed by atoms with van der Waals surface area (Å²) in [4.78, 5) is 11.4. The van der Waals surface area contributed by atoms with E-state index in [1.807, 2.05) is 31.2 Å². The molecule has 3 aromatic rings. The number of ether oxygens (including phenoxy) is 1. The van der Waals surface area contributed by atoms with E-state index in [0.717, 1.165) is 10.9 Å². The van der Waals surface area contributed by atoms with Crippen molar-refractivity contribution in [2.75, 3.05) is 31.2 Å². The number of rotatable bonds is 10. The highest BCUT2D eigenvalue weighted by Crippen LogP contribution is 2.34. The molecule has 0 saturated carbocycles. The lowest BCUT2D eigenvalue weighted by Crippen LogP contribution is -2.29. The number of carboxylic acid groups (broad SMARTS) is 1. The van der Waals surface area contributed by atoms with Gasteiger partial charge in [-0.2, -0.15) is 9.40 Å². The Kier molecular flexibility index (Phi) is 7.39. The zero-order valence-corrected chi connectivity index (χ0v) is 21.7. The molecule has 1 N–H and O–H groups in total. The topological polar surface area (TPSA) is 136 Å². The molecular weight excluding hydrogens is 506 g/mol. The van der Waals surface area contributed by atoms with Crippen molar-refractivity contribution >= 4 is 36.7 Å². The van der Waals surface area contributed by atoms with Gasteiger partial charge in [-0.25, -0.2) is 16.8 Å². The summed E-state index contributed by atoms with van der Waals surface area (Å²) in [5.41, 5.74) is 1.23. The number of carbonyl (C=O) groups is 1. The normalized spacial score (nSPS) is 19.1. The van der Waals surface area contributed by atoms with Gasteiger partial charge in [0.15, 0.2) is 9.84 Å². The SMILES string of the molecule is CCS(=O)(=O)CCOc1ccc(S(=O)(=O)N2C[C@@H](C)[C@@H](n3nc(CC(=O)O)c4ccccc43)C2)cc1. The number of aromatic nitrogens is 2. The minimum Gasteiger partial charge on any atom is -0.493 e. The number of benzene rings is 2. The summed E-state index contributed by atoms with van der Waals surface area (Å²) in [7, 11) is -6.94. The van der Waals surface area contributed by atoms with Crippen molar-refractivity contribution in [3.05, 3.63) is 54.2 Å². The largest absolute Gasteiger partial charge is 0.493 e. The van der Waals surface area contributed by atoms with E-state index in [9.17, 15) is 26.7 Å². The molecule has 1 saturated heterocycles. The highest BCUT2D eigenvalue weighted by atomic mass is 32.2. The first kappa shape index (κ1) is 26.1. The number of sulfonamides is 1. The lowest BCUT2D eigenvalue weighted by Gasteiger charge is -2.18. The Morgan fingerprint density at radius 1 is 1.08 bits per heavy atom. The van der Waals surface area contributed by atoms with Crippen molar-refractivity contribution in [1.29, 1.82) is 0 Å². The zero-order chi connectivity index (χ0) is 26.1. The molecule has 0 aliphatic carbocycles. The maximum Gasteiger partial charge on any atom is 0.309 e. The van der Waals surface area contributed by atoms with Crippen LogP contribution in [0, 0.1) is 5.92 Å². The molecule has 12 heteroatoms. The first-order chi connectivity index (χ1) is 17.0. The number of sulfone groups is 1. The second-order valence-corrected chi connectivity index (χ2v) is 13.3. The number of nitrogens with zero attached hydrogens (tertiary/aromatic N) is 3. The molecule has 1 aliphatic rings. The number of carboxylic acids is 1. The molecular formula is C24H29N3O7S2. The predicted molar refractivity (Wildman–Crippen MR) is 134 cm³/mol. The van der Waals surface area contributed by atoms with Crippen molar-refractivity contribution in [1.82, 2.24) is 14.1 Å². The van der Waals surface area contributed by atoms with Crippen LogP contribution in [0.1, 0.15) is 25.6 Å². The summed E-state index contributed by atoms with van der Waals surface area (Å²) >= 11 is 0. The van der Waals surface area contributed by atoms with Crippen molar-refractivity contribution in [2.45, 2.75) is 31.2 Å². The molecule has 0 spiro atoms. The molecule has 0 radical (unpaired) electrons.